The van der Waals surface area contributed by atoms with E-state index >= 15 is 0 Å². The molecule has 1 amide bonds. The fourth-order valence-electron chi connectivity index (χ4n) is 5.49. The molecule has 4 fully saturated rings. The largest absolute Gasteiger partial charge is 0.462 e. The number of halogens is 1. The van der Waals surface area contributed by atoms with Crippen LogP contribution in [0.1, 0.15) is 32.1 Å². The molecule has 0 aliphatic carbocycles. The number of piperidine rings is 1. The molecule has 4 aliphatic heterocycles. The summed E-state index contributed by atoms with van der Waals surface area (Å²) in [5, 5.41) is 3.18. The number of amides is 1. The maximum Gasteiger partial charge on any atom is 0.312 e. The van der Waals surface area contributed by atoms with Crippen LogP contribution in [0.4, 0.5) is 10.1 Å². The predicted octanol–water partition coefficient (Wildman–Crippen LogP) is 1.62. The zero-order valence-corrected chi connectivity index (χ0v) is 18.6. The summed E-state index contributed by atoms with van der Waals surface area (Å²) in [6, 6.07) is 6.68. The van der Waals surface area contributed by atoms with Crippen molar-refractivity contribution >= 4 is 17.6 Å². The summed E-state index contributed by atoms with van der Waals surface area (Å²) in [6.07, 6.45) is 3.98. The van der Waals surface area contributed by atoms with Crippen molar-refractivity contribution in [1.82, 2.24) is 15.1 Å². The number of nitrogens with zero attached hydrogens (tertiary/aromatic N) is 3. The zero-order valence-electron chi connectivity index (χ0n) is 18.6. The van der Waals surface area contributed by atoms with Gasteiger partial charge in [-0.25, -0.2) is 4.39 Å². The van der Waals surface area contributed by atoms with Crippen LogP contribution in [0.2, 0.25) is 0 Å². The van der Waals surface area contributed by atoms with Crippen LogP contribution in [0.15, 0.2) is 24.3 Å². The van der Waals surface area contributed by atoms with Crippen LogP contribution in [-0.2, 0) is 14.3 Å². The van der Waals surface area contributed by atoms with E-state index in [2.05, 4.69) is 15.1 Å². The summed E-state index contributed by atoms with van der Waals surface area (Å²) in [5.41, 5.74) is 0.672. The van der Waals surface area contributed by atoms with Gasteiger partial charge in [-0.1, -0.05) is 0 Å². The quantitative estimate of drug-likeness (QED) is 0.697. The molecule has 1 spiro atoms. The summed E-state index contributed by atoms with van der Waals surface area (Å²) in [4.78, 5) is 31.8. The molecular weight excluding hydrogens is 411 g/mol. The van der Waals surface area contributed by atoms with E-state index in [1.54, 1.807) is 0 Å². The number of carbonyl (C=O) groups is 2. The average Bonchev–Trinajstić information content (AvgIpc) is 3.07. The SMILES string of the molecule is O=C([C@@H]1CCN1)N1CCC2(CC1)C[C@H](CCN1CCN(c3ccc(F)cc3)CC1)OC2=O. The van der Waals surface area contributed by atoms with Crippen LogP contribution in [0.3, 0.4) is 0 Å². The second-order valence-electron chi connectivity index (χ2n) is 9.73. The second kappa shape index (κ2) is 8.98. The van der Waals surface area contributed by atoms with Crippen LogP contribution in [0.5, 0.6) is 0 Å². The van der Waals surface area contributed by atoms with Gasteiger partial charge in [0.1, 0.15) is 11.9 Å². The van der Waals surface area contributed by atoms with Crippen molar-refractivity contribution in [3.05, 3.63) is 30.1 Å². The molecule has 0 unspecified atom stereocenters. The van der Waals surface area contributed by atoms with E-state index in [1.807, 2.05) is 17.0 Å². The second-order valence-corrected chi connectivity index (χ2v) is 9.73. The van der Waals surface area contributed by atoms with E-state index in [-0.39, 0.29) is 29.8 Å². The van der Waals surface area contributed by atoms with Gasteiger partial charge in [0, 0.05) is 57.9 Å². The third-order valence-corrected chi connectivity index (χ3v) is 7.81. The maximum atomic E-state index is 13.1. The number of benzene rings is 1. The summed E-state index contributed by atoms with van der Waals surface area (Å²) in [6.45, 7) is 6.89. The summed E-state index contributed by atoms with van der Waals surface area (Å²) < 4.78 is 18.9. The van der Waals surface area contributed by atoms with Crippen LogP contribution < -0.4 is 10.2 Å². The number of piperazine rings is 1. The molecule has 5 rings (SSSR count). The van der Waals surface area contributed by atoms with Crippen LogP contribution >= 0.6 is 0 Å². The molecule has 174 valence electrons. The monoisotopic (exact) mass is 444 g/mol. The van der Waals surface area contributed by atoms with E-state index in [1.165, 1.54) is 12.1 Å². The molecule has 4 aliphatic rings. The van der Waals surface area contributed by atoms with Gasteiger partial charge in [-0.3, -0.25) is 14.5 Å². The molecule has 1 aromatic rings. The van der Waals surface area contributed by atoms with Crippen LogP contribution in [0, 0.1) is 11.2 Å². The first-order valence-corrected chi connectivity index (χ1v) is 12.0. The number of carbonyl (C=O) groups excluding carboxylic acids is 2. The first-order chi connectivity index (χ1) is 15.5. The Balaban J connectivity index is 1.06. The van der Waals surface area contributed by atoms with Gasteiger partial charge in [-0.2, -0.15) is 0 Å². The predicted molar refractivity (Wildman–Crippen MR) is 119 cm³/mol. The van der Waals surface area contributed by atoms with Crippen molar-refractivity contribution in [3.63, 3.8) is 0 Å². The first kappa shape index (κ1) is 21.6. The molecule has 0 radical (unpaired) electrons. The zero-order chi connectivity index (χ0) is 22.1. The molecule has 1 N–H and O–H groups in total. The van der Waals surface area contributed by atoms with Crippen LogP contribution in [-0.4, -0.2) is 86.2 Å². The topological polar surface area (TPSA) is 65.1 Å². The number of cyclic esters (lactones) is 1. The van der Waals surface area contributed by atoms with Crippen molar-refractivity contribution in [2.24, 2.45) is 5.41 Å². The molecule has 4 saturated heterocycles. The highest BCUT2D eigenvalue weighted by molar-refractivity contribution is 5.84. The molecular formula is C24H33FN4O3. The number of ether oxygens (including phenoxy) is 1. The summed E-state index contributed by atoms with van der Waals surface area (Å²) in [7, 11) is 0. The Morgan fingerprint density at radius 1 is 1.09 bits per heavy atom. The fraction of sp³-hybridized carbons (Fsp3) is 0.667. The van der Waals surface area contributed by atoms with Crippen molar-refractivity contribution in [1.29, 1.82) is 0 Å². The van der Waals surface area contributed by atoms with E-state index in [0.29, 0.717) is 13.1 Å². The Morgan fingerprint density at radius 3 is 2.41 bits per heavy atom. The lowest BCUT2D eigenvalue weighted by molar-refractivity contribution is -0.153. The van der Waals surface area contributed by atoms with Gasteiger partial charge >= 0.3 is 5.97 Å². The number of esters is 1. The molecule has 32 heavy (non-hydrogen) atoms. The minimum absolute atomic E-state index is 0.0177. The fourth-order valence-corrected chi connectivity index (χ4v) is 5.49. The minimum Gasteiger partial charge on any atom is -0.462 e. The molecule has 0 bridgehead atoms. The number of hydrogen-bond donors (Lipinski definition) is 1. The highest BCUT2D eigenvalue weighted by atomic mass is 19.1. The van der Waals surface area contributed by atoms with Gasteiger partial charge in [0.2, 0.25) is 5.91 Å². The number of hydrogen-bond acceptors (Lipinski definition) is 6. The Labute approximate surface area is 188 Å². The lowest BCUT2D eigenvalue weighted by Crippen LogP contribution is -2.56. The van der Waals surface area contributed by atoms with Gasteiger partial charge in [-0.05, 0) is 56.5 Å². The normalized spacial score (nSPS) is 28.0. The average molecular weight is 445 g/mol. The molecule has 8 heteroatoms. The first-order valence-electron chi connectivity index (χ1n) is 12.0. The smallest absolute Gasteiger partial charge is 0.312 e. The molecule has 0 aromatic heterocycles. The van der Waals surface area contributed by atoms with Gasteiger partial charge in [0.25, 0.3) is 0 Å². The lowest BCUT2D eigenvalue weighted by atomic mass is 9.75. The third kappa shape index (κ3) is 4.35. The van der Waals surface area contributed by atoms with Crippen molar-refractivity contribution in [2.75, 3.05) is 57.3 Å². The number of likely N-dealkylation sites (tertiary alicyclic amines) is 1. The number of rotatable bonds is 5. The van der Waals surface area contributed by atoms with Gasteiger partial charge in [0.05, 0.1) is 11.5 Å². The minimum atomic E-state index is -0.393. The highest BCUT2D eigenvalue weighted by Gasteiger charge is 2.51. The molecule has 2 atom stereocenters. The number of nitrogens with one attached hydrogen (secondary N) is 1. The lowest BCUT2D eigenvalue weighted by Gasteiger charge is -2.39. The molecule has 0 saturated carbocycles. The Bertz CT molecular complexity index is 828. The molecule has 4 heterocycles. The Morgan fingerprint density at radius 2 is 1.78 bits per heavy atom. The summed E-state index contributed by atoms with van der Waals surface area (Å²) >= 11 is 0. The van der Waals surface area contributed by atoms with Gasteiger partial charge < -0.3 is 19.9 Å². The highest BCUT2D eigenvalue weighted by Crippen LogP contribution is 2.44. The summed E-state index contributed by atoms with van der Waals surface area (Å²) in [5.74, 6) is -0.0739. The Kier molecular flexibility index (Phi) is 6.07. The van der Waals surface area contributed by atoms with Crippen LogP contribution in [0.25, 0.3) is 0 Å². The van der Waals surface area contributed by atoms with Gasteiger partial charge in [-0.15, -0.1) is 0 Å². The number of anilines is 1. The van der Waals surface area contributed by atoms with Crippen molar-refractivity contribution in [2.45, 2.75) is 44.2 Å². The standard InChI is InChI=1S/C24H33FN4O3/c25-18-1-3-19(4-2-18)28-15-13-27(14-16-28)10-6-20-17-24(23(31)32-20)7-11-29(12-8-24)22(30)21-5-9-26-21/h1-4,20-21,26H,5-17H2/t20-,21-/m0/s1. The van der Waals surface area contributed by atoms with Crippen molar-refractivity contribution in [3.8, 4) is 0 Å². The van der Waals surface area contributed by atoms with E-state index in [4.69, 9.17) is 4.74 Å². The van der Waals surface area contributed by atoms with E-state index in [9.17, 15) is 14.0 Å². The third-order valence-electron chi connectivity index (χ3n) is 7.81. The maximum absolute atomic E-state index is 13.1. The Hall–Kier alpha value is -2.19. The van der Waals surface area contributed by atoms with E-state index in [0.717, 1.165) is 77.1 Å². The van der Waals surface area contributed by atoms with E-state index < -0.39 is 5.41 Å². The molecule has 7 nitrogen and oxygen atoms in total. The van der Waals surface area contributed by atoms with Crippen molar-refractivity contribution < 1.29 is 18.7 Å². The molecule has 1 aromatic carbocycles. The van der Waals surface area contributed by atoms with Gasteiger partial charge in [0.15, 0.2) is 0 Å².